The lowest BCUT2D eigenvalue weighted by molar-refractivity contribution is 0.0602. The van der Waals surface area contributed by atoms with Crippen LogP contribution in [-0.2, 0) is 4.74 Å². The number of pyridine rings is 1. The molecular weight excluding hydrogens is 372 g/mol. The smallest absolute Gasteiger partial charge is 0.339 e. The molecule has 1 aliphatic heterocycles. The van der Waals surface area contributed by atoms with Crippen molar-refractivity contribution in [1.82, 2.24) is 4.98 Å². The van der Waals surface area contributed by atoms with E-state index in [-0.39, 0.29) is 11.5 Å². The number of fused-ring (bicyclic) bond motifs is 1. The molecule has 1 N–H and O–H groups in total. The zero-order valence-electron chi connectivity index (χ0n) is 15.7. The van der Waals surface area contributed by atoms with Crippen molar-refractivity contribution in [2.45, 2.75) is 0 Å². The minimum absolute atomic E-state index is 0.256. The number of aromatic nitrogens is 1. The number of carbonyl (C=O) groups excluding carboxylic acids is 2. The third kappa shape index (κ3) is 3.89. The van der Waals surface area contributed by atoms with Crippen LogP contribution in [0.2, 0.25) is 0 Å². The summed E-state index contributed by atoms with van der Waals surface area (Å²) in [5, 5.41) is 2.80. The highest BCUT2D eigenvalue weighted by atomic mass is 16.6. The number of ether oxygens (including phenoxy) is 3. The zero-order valence-corrected chi connectivity index (χ0v) is 15.7. The number of anilines is 1. The molecule has 1 aliphatic rings. The maximum Gasteiger partial charge on any atom is 0.339 e. The van der Waals surface area contributed by atoms with Gasteiger partial charge in [-0.1, -0.05) is 24.3 Å². The van der Waals surface area contributed by atoms with Gasteiger partial charge in [-0.15, -0.1) is 0 Å². The molecule has 2 heterocycles. The average Bonchev–Trinajstić information content (AvgIpc) is 2.78. The average molecular weight is 390 g/mol. The molecule has 0 unspecified atom stereocenters. The van der Waals surface area contributed by atoms with Crippen LogP contribution in [0.3, 0.4) is 0 Å². The Bertz CT molecular complexity index is 1070. The summed E-state index contributed by atoms with van der Waals surface area (Å²) >= 11 is 0. The Morgan fingerprint density at radius 2 is 1.79 bits per heavy atom. The van der Waals surface area contributed by atoms with Crippen molar-refractivity contribution in [3.63, 3.8) is 0 Å². The van der Waals surface area contributed by atoms with Crippen LogP contribution >= 0.6 is 0 Å². The van der Waals surface area contributed by atoms with Crippen LogP contribution in [-0.4, -0.2) is 37.2 Å². The van der Waals surface area contributed by atoms with Crippen LogP contribution in [0.1, 0.15) is 20.7 Å². The van der Waals surface area contributed by atoms with Crippen LogP contribution in [0, 0.1) is 0 Å². The third-order valence-electron chi connectivity index (χ3n) is 4.44. The van der Waals surface area contributed by atoms with E-state index in [0.29, 0.717) is 36.1 Å². The van der Waals surface area contributed by atoms with E-state index >= 15 is 0 Å². The number of hydrogen-bond donors (Lipinski definition) is 1. The first-order valence-corrected chi connectivity index (χ1v) is 9.00. The summed E-state index contributed by atoms with van der Waals surface area (Å²) in [5.41, 5.74) is 2.60. The first-order valence-electron chi connectivity index (χ1n) is 9.00. The topological polar surface area (TPSA) is 86.8 Å². The number of methoxy groups -OCH3 is 1. The molecule has 0 radical (unpaired) electrons. The van der Waals surface area contributed by atoms with Crippen molar-refractivity contribution in [3.05, 3.63) is 71.9 Å². The lowest BCUT2D eigenvalue weighted by Crippen LogP contribution is -2.16. The Labute approximate surface area is 167 Å². The number of nitrogens with zero attached hydrogens (tertiary/aromatic N) is 1. The highest BCUT2D eigenvalue weighted by molar-refractivity contribution is 6.08. The number of hydrogen-bond acceptors (Lipinski definition) is 6. The fourth-order valence-electron chi connectivity index (χ4n) is 2.99. The minimum atomic E-state index is -0.541. The number of rotatable bonds is 4. The monoisotopic (exact) mass is 390 g/mol. The summed E-state index contributed by atoms with van der Waals surface area (Å²) in [6.45, 7) is 0.917. The van der Waals surface area contributed by atoms with Gasteiger partial charge in [0.25, 0.3) is 11.8 Å². The number of amides is 1. The normalized spacial score (nSPS) is 12.2. The van der Waals surface area contributed by atoms with Gasteiger partial charge in [0.15, 0.2) is 5.75 Å². The standard InChI is InChI=1S/C22H18N2O5/c1-27-22(26)17-8-7-15(16-12-19-21(23-13-16)29-10-9-28-19)11-18(17)24-20(25)14-5-3-2-4-6-14/h2-8,11-13H,9-10H2,1H3,(H,24,25). The molecule has 146 valence electrons. The summed E-state index contributed by atoms with van der Waals surface area (Å²) in [5.74, 6) is 0.137. The van der Waals surface area contributed by atoms with Crippen molar-refractivity contribution in [2.24, 2.45) is 0 Å². The molecule has 2 aromatic carbocycles. The van der Waals surface area contributed by atoms with Crippen molar-refractivity contribution in [2.75, 3.05) is 25.6 Å². The van der Waals surface area contributed by atoms with E-state index in [4.69, 9.17) is 14.2 Å². The van der Waals surface area contributed by atoms with E-state index in [1.807, 2.05) is 12.1 Å². The van der Waals surface area contributed by atoms with Gasteiger partial charge in [0.2, 0.25) is 0 Å². The highest BCUT2D eigenvalue weighted by Crippen LogP contribution is 2.33. The van der Waals surface area contributed by atoms with Gasteiger partial charge >= 0.3 is 5.97 Å². The van der Waals surface area contributed by atoms with Crippen molar-refractivity contribution in [3.8, 4) is 22.8 Å². The molecule has 0 aliphatic carbocycles. The van der Waals surface area contributed by atoms with Gasteiger partial charge in [-0.2, -0.15) is 0 Å². The van der Waals surface area contributed by atoms with Crippen LogP contribution < -0.4 is 14.8 Å². The third-order valence-corrected chi connectivity index (χ3v) is 4.44. The highest BCUT2D eigenvalue weighted by Gasteiger charge is 2.18. The first-order chi connectivity index (χ1) is 14.2. The Morgan fingerprint density at radius 3 is 2.59 bits per heavy atom. The Hall–Kier alpha value is -3.87. The number of esters is 1. The molecule has 0 saturated heterocycles. The molecule has 29 heavy (non-hydrogen) atoms. The quantitative estimate of drug-likeness (QED) is 0.686. The van der Waals surface area contributed by atoms with Crippen LogP contribution in [0.15, 0.2) is 60.8 Å². The van der Waals surface area contributed by atoms with Crippen molar-refractivity contribution < 1.29 is 23.8 Å². The second-order valence-corrected chi connectivity index (χ2v) is 6.30. The molecule has 7 nitrogen and oxygen atoms in total. The summed E-state index contributed by atoms with van der Waals surface area (Å²) in [4.78, 5) is 29.1. The molecule has 0 fully saturated rings. The van der Waals surface area contributed by atoms with E-state index in [1.54, 1.807) is 48.7 Å². The summed E-state index contributed by atoms with van der Waals surface area (Å²) in [6, 6.07) is 15.7. The van der Waals surface area contributed by atoms with Gasteiger partial charge in [-0.05, 0) is 35.9 Å². The molecule has 1 aromatic heterocycles. The molecule has 0 saturated carbocycles. The Morgan fingerprint density at radius 1 is 1.00 bits per heavy atom. The number of benzene rings is 2. The largest absolute Gasteiger partial charge is 0.484 e. The van der Waals surface area contributed by atoms with E-state index in [9.17, 15) is 9.59 Å². The molecule has 0 bridgehead atoms. The number of carbonyl (C=O) groups is 2. The van der Waals surface area contributed by atoms with Gasteiger partial charge in [0.05, 0.1) is 18.4 Å². The Kier molecular flexibility index (Phi) is 5.11. The number of nitrogens with one attached hydrogen (secondary N) is 1. The lowest BCUT2D eigenvalue weighted by atomic mass is 10.0. The van der Waals surface area contributed by atoms with E-state index in [2.05, 4.69) is 10.3 Å². The van der Waals surface area contributed by atoms with E-state index in [0.717, 1.165) is 11.1 Å². The predicted molar refractivity (Wildman–Crippen MR) is 106 cm³/mol. The fourth-order valence-corrected chi connectivity index (χ4v) is 2.99. The SMILES string of the molecule is COC(=O)c1ccc(-c2cnc3c(c2)OCCO3)cc1NC(=O)c1ccccc1. The van der Waals surface area contributed by atoms with Gasteiger partial charge in [0.1, 0.15) is 13.2 Å². The minimum Gasteiger partial charge on any atom is -0.484 e. The molecular formula is C22H18N2O5. The van der Waals surface area contributed by atoms with Crippen LogP contribution in [0.25, 0.3) is 11.1 Å². The summed E-state index contributed by atoms with van der Waals surface area (Å²) in [6.07, 6.45) is 1.66. The second kappa shape index (κ2) is 8.02. The van der Waals surface area contributed by atoms with Crippen molar-refractivity contribution >= 4 is 17.6 Å². The Balaban J connectivity index is 1.71. The first kappa shape index (κ1) is 18.5. The van der Waals surface area contributed by atoms with Gasteiger partial charge < -0.3 is 19.5 Å². The lowest BCUT2D eigenvalue weighted by Gasteiger charge is -2.18. The zero-order chi connectivity index (χ0) is 20.2. The summed E-state index contributed by atoms with van der Waals surface area (Å²) < 4.78 is 15.9. The molecule has 0 spiro atoms. The fraction of sp³-hybridized carbons (Fsp3) is 0.136. The van der Waals surface area contributed by atoms with Gasteiger partial charge in [0, 0.05) is 17.3 Å². The van der Waals surface area contributed by atoms with Gasteiger partial charge in [-0.3, -0.25) is 4.79 Å². The van der Waals surface area contributed by atoms with E-state index < -0.39 is 5.97 Å². The van der Waals surface area contributed by atoms with Crippen molar-refractivity contribution in [1.29, 1.82) is 0 Å². The maximum atomic E-state index is 12.6. The van der Waals surface area contributed by atoms with Crippen LogP contribution in [0.4, 0.5) is 5.69 Å². The molecule has 3 aromatic rings. The molecule has 0 atom stereocenters. The van der Waals surface area contributed by atoms with Gasteiger partial charge in [-0.25, -0.2) is 9.78 Å². The van der Waals surface area contributed by atoms with E-state index in [1.165, 1.54) is 7.11 Å². The predicted octanol–water partition coefficient (Wildman–Crippen LogP) is 3.56. The van der Waals surface area contributed by atoms with Crippen LogP contribution in [0.5, 0.6) is 11.6 Å². The molecule has 7 heteroatoms. The second-order valence-electron chi connectivity index (χ2n) is 6.30. The molecule has 1 amide bonds. The maximum absolute atomic E-state index is 12.6. The molecule has 4 rings (SSSR count). The summed E-state index contributed by atoms with van der Waals surface area (Å²) in [7, 11) is 1.30.